The van der Waals surface area contributed by atoms with Crippen LogP contribution in [0.3, 0.4) is 0 Å². The fourth-order valence-corrected chi connectivity index (χ4v) is 2.01. The molecule has 0 fully saturated rings. The minimum Gasteiger partial charge on any atom is -0.354 e. The number of halogens is 3. The predicted molar refractivity (Wildman–Crippen MR) is 75.9 cm³/mol. The van der Waals surface area contributed by atoms with Crippen molar-refractivity contribution >= 4 is 27.6 Å². The molecule has 2 aromatic rings. The SMILES string of the molecule is CCNc1ncc([N+](=O)[O-])c(-c2c(F)ccc(Br)c2F)n1. The molecule has 0 aliphatic heterocycles. The summed E-state index contributed by atoms with van der Waals surface area (Å²) in [4.78, 5) is 17.8. The van der Waals surface area contributed by atoms with Gasteiger partial charge in [-0.2, -0.15) is 0 Å². The molecule has 0 aliphatic carbocycles. The highest BCUT2D eigenvalue weighted by Gasteiger charge is 2.25. The normalized spacial score (nSPS) is 10.5. The number of benzene rings is 1. The summed E-state index contributed by atoms with van der Waals surface area (Å²) >= 11 is 2.92. The van der Waals surface area contributed by atoms with Crippen LogP contribution in [0.25, 0.3) is 11.3 Å². The van der Waals surface area contributed by atoms with Gasteiger partial charge in [-0.1, -0.05) is 0 Å². The fraction of sp³-hybridized carbons (Fsp3) is 0.167. The number of hydrogen-bond acceptors (Lipinski definition) is 5. The van der Waals surface area contributed by atoms with E-state index < -0.39 is 33.5 Å². The van der Waals surface area contributed by atoms with Crippen LogP contribution in [0.15, 0.2) is 22.8 Å². The van der Waals surface area contributed by atoms with Crippen molar-refractivity contribution in [2.75, 3.05) is 11.9 Å². The van der Waals surface area contributed by atoms with Crippen molar-refractivity contribution in [3.8, 4) is 11.3 Å². The van der Waals surface area contributed by atoms with Gasteiger partial charge in [-0.25, -0.2) is 18.7 Å². The Balaban J connectivity index is 2.74. The first kappa shape index (κ1) is 15.2. The largest absolute Gasteiger partial charge is 0.354 e. The minimum absolute atomic E-state index is 0.0168. The second-order valence-electron chi connectivity index (χ2n) is 3.93. The van der Waals surface area contributed by atoms with Gasteiger partial charge in [0.1, 0.15) is 17.8 Å². The number of aromatic nitrogens is 2. The molecular formula is C12H9BrF2N4O2. The van der Waals surface area contributed by atoms with Crippen LogP contribution in [-0.2, 0) is 0 Å². The summed E-state index contributed by atoms with van der Waals surface area (Å²) in [5, 5.41) is 13.8. The van der Waals surface area contributed by atoms with E-state index in [1.165, 1.54) is 6.07 Å². The van der Waals surface area contributed by atoms with Gasteiger partial charge < -0.3 is 5.32 Å². The van der Waals surface area contributed by atoms with E-state index in [0.29, 0.717) is 6.54 Å². The third-order valence-electron chi connectivity index (χ3n) is 2.58. The summed E-state index contributed by atoms with van der Waals surface area (Å²) in [6, 6.07) is 2.17. The molecule has 110 valence electrons. The molecule has 1 aromatic heterocycles. The molecule has 0 saturated carbocycles. The minimum atomic E-state index is -0.959. The molecule has 0 bridgehead atoms. The summed E-state index contributed by atoms with van der Waals surface area (Å²) in [6.07, 6.45) is 0.917. The topological polar surface area (TPSA) is 81.0 Å². The monoisotopic (exact) mass is 358 g/mol. The second kappa shape index (κ2) is 6.08. The molecule has 1 aromatic carbocycles. The Bertz CT molecular complexity index is 712. The quantitative estimate of drug-likeness (QED) is 0.513. The lowest BCUT2D eigenvalue weighted by Crippen LogP contribution is -2.06. The van der Waals surface area contributed by atoms with Gasteiger partial charge in [-0.05, 0) is 35.0 Å². The highest BCUT2D eigenvalue weighted by atomic mass is 79.9. The van der Waals surface area contributed by atoms with E-state index in [2.05, 4.69) is 31.2 Å². The second-order valence-corrected chi connectivity index (χ2v) is 4.79. The Labute approximate surface area is 126 Å². The molecule has 0 spiro atoms. The summed E-state index contributed by atoms with van der Waals surface area (Å²) in [6.45, 7) is 2.23. The van der Waals surface area contributed by atoms with Crippen molar-refractivity contribution in [3.63, 3.8) is 0 Å². The van der Waals surface area contributed by atoms with Crippen molar-refractivity contribution < 1.29 is 13.7 Å². The van der Waals surface area contributed by atoms with Crippen LogP contribution in [0, 0.1) is 21.7 Å². The maximum Gasteiger partial charge on any atom is 0.314 e. The van der Waals surface area contributed by atoms with E-state index in [-0.39, 0.29) is 10.4 Å². The number of nitrogens with zero attached hydrogens (tertiary/aromatic N) is 3. The van der Waals surface area contributed by atoms with Crippen LogP contribution in [0.1, 0.15) is 6.92 Å². The summed E-state index contributed by atoms with van der Waals surface area (Å²) < 4.78 is 28.0. The molecule has 0 unspecified atom stereocenters. The van der Waals surface area contributed by atoms with Crippen LogP contribution in [0.2, 0.25) is 0 Å². The number of hydrogen-bond donors (Lipinski definition) is 1. The highest BCUT2D eigenvalue weighted by molar-refractivity contribution is 9.10. The van der Waals surface area contributed by atoms with Crippen LogP contribution >= 0.6 is 15.9 Å². The molecule has 9 heteroatoms. The third kappa shape index (κ3) is 2.97. The van der Waals surface area contributed by atoms with Gasteiger partial charge in [0.05, 0.1) is 15.0 Å². The molecule has 6 nitrogen and oxygen atoms in total. The smallest absolute Gasteiger partial charge is 0.314 e. The average molecular weight is 359 g/mol. The first-order valence-electron chi connectivity index (χ1n) is 5.84. The Morgan fingerprint density at radius 3 is 2.76 bits per heavy atom. The first-order chi connectivity index (χ1) is 9.95. The molecule has 1 N–H and O–H groups in total. The van der Waals surface area contributed by atoms with E-state index in [0.717, 1.165) is 12.3 Å². The molecule has 0 saturated heterocycles. The summed E-state index contributed by atoms with van der Waals surface area (Å²) in [7, 11) is 0. The Morgan fingerprint density at radius 1 is 1.43 bits per heavy atom. The van der Waals surface area contributed by atoms with Crippen LogP contribution in [-0.4, -0.2) is 21.4 Å². The first-order valence-corrected chi connectivity index (χ1v) is 6.64. The molecule has 0 aliphatic rings. The molecule has 1 heterocycles. The molecule has 0 radical (unpaired) electrons. The van der Waals surface area contributed by atoms with E-state index >= 15 is 0 Å². The molecule has 0 atom stereocenters. The number of nitrogens with one attached hydrogen (secondary N) is 1. The van der Waals surface area contributed by atoms with Gasteiger partial charge in [-0.15, -0.1) is 0 Å². The lowest BCUT2D eigenvalue weighted by atomic mass is 10.1. The van der Waals surface area contributed by atoms with E-state index in [9.17, 15) is 18.9 Å². The van der Waals surface area contributed by atoms with E-state index in [1.54, 1.807) is 6.92 Å². The van der Waals surface area contributed by atoms with Gasteiger partial charge >= 0.3 is 5.69 Å². The Kier molecular flexibility index (Phi) is 4.41. The van der Waals surface area contributed by atoms with Crippen molar-refractivity contribution in [2.45, 2.75) is 6.92 Å². The Hall–Kier alpha value is -2.16. The van der Waals surface area contributed by atoms with Crippen LogP contribution in [0.4, 0.5) is 20.4 Å². The zero-order valence-corrected chi connectivity index (χ0v) is 12.3. The number of anilines is 1. The lowest BCUT2D eigenvalue weighted by Gasteiger charge is -2.08. The maximum absolute atomic E-state index is 14.1. The van der Waals surface area contributed by atoms with Crippen molar-refractivity contribution in [2.24, 2.45) is 0 Å². The van der Waals surface area contributed by atoms with Crippen LogP contribution < -0.4 is 5.32 Å². The van der Waals surface area contributed by atoms with Gasteiger partial charge in [0.2, 0.25) is 5.95 Å². The summed E-state index contributed by atoms with van der Waals surface area (Å²) in [5.41, 5.74) is -1.56. The van der Waals surface area contributed by atoms with Gasteiger partial charge in [0.25, 0.3) is 0 Å². The zero-order valence-electron chi connectivity index (χ0n) is 10.7. The van der Waals surface area contributed by atoms with E-state index in [4.69, 9.17) is 0 Å². The van der Waals surface area contributed by atoms with Crippen molar-refractivity contribution in [3.05, 3.63) is 44.6 Å². The zero-order chi connectivity index (χ0) is 15.6. The molecule has 2 rings (SSSR count). The predicted octanol–water partition coefficient (Wildman–Crippen LogP) is 3.52. The maximum atomic E-state index is 14.1. The number of rotatable bonds is 4. The van der Waals surface area contributed by atoms with Gasteiger partial charge in [-0.3, -0.25) is 10.1 Å². The number of nitro groups is 1. The highest BCUT2D eigenvalue weighted by Crippen LogP contribution is 2.34. The van der Waals surface area contributed by atoms with Gasteiger partial charge in [0.15, 0.2) is 5.69 Å². The standard InChI is InChI=1S/C12H9BrF2N4O2/c1-2-16-12-17-5-8(19(20)21)11(18-12)9-7(14)4-3-6(13)10(9)15/h3-5H,2H2,1H3,(H,16,17,18). The van der Waals surface area contributed by atoms with E-state index in [1.807, 2.05) is 0 Å². The van der Waals surface area contributed by atoms with Crippen LogP contribution in [0.5, 0.6) is 0 Å². The summed E-state index contributed by atoms with van der Waals surface area (Å²) in [5.74, 6) is -1.85. The van der Waals surface area contributed by atoms with Gasteiger partial charge in [0, 0.05) is 6.54 Å². The average Bonchev–Trinajstić information content (AvgIpc) is 2.44. The Morgan fingerprint density at radius 2 is 2.14 bits per heavy atom. The molecular weight excluding hydrogens is 350 g/mol. The van der Waals surface area contributed by atoms with Crippen molar-refractivity contribution in [1.29, 1.82) is 0 Å². The molecule has 0 amide bonds. The lowest BCUT2D eigenvalue weighted by molar-refractivity contribution is -0.384. The third-order valence-corrected chi connectivity index (χ3v) is 3.19. The fourth-order valence-electron chi connectivity index (χ4n) is 1.68. The van der Waals surface area contributed by atoms with Crippen molar-refractivity contribution in [1.82, 2.24) is 9.97 Å². The molecule has 21 heavy (non-hydrogen) atoms.